The van der Waals surface area contributed by atoms with Gasteiger partial charge in [0.15, 0.2) is 0 Å². The van der Waals surface area contributed by atoms with Crippen molar-refractivity contribution in [2.24, 2.45) is 0 Å². The minimum atomic E-state index is -3.95. The number of rotatable bonds is 9. The van der Waals surface area contributed by atoms with Crippen LogP contribution in [0.25, 0.3) is 0 Å². The van der Waals surface area contributed by atoms with Gasteiger partial charge in [-0.3, -0.25) is 13.9 Å². The summed E-state index contributed by atoms with van der Waals surface area (Å²) in [4.78, 5) is 26.7. The molecule has 0 aliphatic carbocycles. The van der Waals surface area contributed by atoms with Crippen LogP contribution >= 0.6 is 15.9 Å². The van der Waals surface area contributed by atoms with Gasteiger partial charge in [0.2, 0.25) is 11.8 Å². The second kappa shape index (κ2) is 11.0. The predicted octanol–water partition coefficient (Wildman–Crippen LogP) is 4.08. The van der Waals surface area contributed by atoms with Crippen LogP contribution in [0.3, 0.4) is 0 Å². The number of sulfonamides is 1. The Labute approximate surface area is 213 Å². The summed E-state index contributed by atoms with van der Waals surface area (Å²) < 4.78 is 28.6. The van der Waals surface area contributed by atoms with Crippen molar-refractivity contribution in [3.63, 3.8) is 0 Å². The van der Waals surface area contributed by atoms with Gasteiger partial charge < -0.3 is 10.2 Å². The molecule has 1 aliphatic rings. The second-order valence-electron chi connectivity index (χ2n) is 8.32. The molecule has 1 N–H and O–H groups in total. The molecule has 1 fully saturated rings. The van der Waals surface area contributed by atoms with Crippen LogP contribution in [0.5, 0.6) is 0 Å². The zero-order valence-electron chi connectivity index (χ0n) is 19.1. The van der Waals surface area contributed by atoms with E-state index in [1.807, 2.05) is 29.2 Å². The fraction of sp³-hybridized carbons (Fsp3) is 0.231. The Morgan fingerprint density at radius 3 is 2.37 bits per heavy atom. The van der Waals surface area contributed by atoms with E-state index in [2.05, 4.69) is 21.2 Å². The van der Waals surface area contributed by atoms with Crippen LogP contribution in [0, 0.1) is 0 Å². The number of hydrogen-bond donors (Lipinski definition) is 1. The zero-order chi connectivity index (χ0) is 24.8. The summed E-state index contributed by atoms with van der Waals surface area (Å²) in [5.74, 6) is -0.260. The first kappa shape index (κ1) is 24.9. The van der Waals surface area contributed by atoms with Crippen molar-refractivity contribution in [1.29, 1.82) is 0 Å². The number of carbonyl (C=O) groups excluding carboxylic acids is 2. The van der Waals surface area contributed by atoms with Gasteiger partial charge in [-0.2, -0.15) is 0 Å². The number of halogens is 1. The van der Waals surface area contributed by atoms with Gasteiger partial charge in [0.1, 0.15) is 6.54 Å². The van der Waals surface area contributed by atoms with Gasteiger partial charge in [0.25, 0.3) is 10.0 Å². The number of nitrogens with zero attached hydrogens (tertiary/aromatic N) is 2. The molecule has 0 saturated carbocycles. The molecule has 1 aliphatic heterocycles. The number of amides is 2. The van der Waals surface area contributed by atoms with Crippen molar-refractivity contribution in [1.82, 2.24) is 10.2 Å². The highest BCUT2D eigenvalue weighted by atomic mass is 79.9. The SMILES string of the molecule is O=C(CN(c1ccc(Br)cc1)S(=O)(=O)c1ccccc1)NCc1cccc(CN2CCCC2=O)c1. The Bertz CT molecular complexity index is 1300. The first-order valence-corrected chi connectivity index (χ1v) is 13.5. The highest BCUT2D eigenvalue weighted by molar-refractivity contribution is 9.10. The van der Waals surface area contributed by atoms with Crippen LogP contribution in [-0.4, -0.2) is 38.2 Å². The van der Waals surface area contributed by atoms with Crippen LogP contribution in [0.15, 0.2) is 88.2 Å². The van der Waals surface area contributed by atoms with E-state index < -0.39 is 15.9 Å². The van der Waals surface area contributed by atoms with E-state index in [0.717, 1.165) is 32.9 Å². The molecule has 0 atom stereocenters. The molecule has 0 spiro atoms. The molecule has 35 heavy (non-hydrogen) atoms. The molecule has 2 amide bonds. The maximum atomic E-state index is 13.4. The Morgan fingerprint density at radius 2 is 1.69 bits per heavy atom. The van der Waals surface area contributed by atoms with Crippen LogP contribution in [0.1, 0.15) is 24.0 Å². The summed E-state index contributed by atoms with van der Waals surface area (Å²) in [5.41, 5.74) is 2.27. The average molecular weight is 556 g/mol. The molecule has 7 nitrogen and oxygen atoms in total. The summed E-state index contributed by atoms with van der Waals surface area (Å²) >= 11 is 3.36. The maximum absolute atomic E-state index is 13.4. The Balaban J connectivity index is 1.46. The smallest absolute Gasteiger partial charge is 0.264 e. The average Bonchev–Trinajstić information content (AvgIpc) is 3.26. The Kier molecular flexibility index (Phi) is 7.87. The van der Waals surface area contributed by atoms with Crippen molar-refractivity contribution in [2.75, 3.05) is 17.4 Å². The minimum Gasteiger partial charge on any atom is -0.350 e. The summed E-state index contributed by atoms with van der Waals surface area (Å²) in [7, 11) is -3.95. The molecule has 9 heteroatoms. The van der Waals surface area contributed by atoms with E-state index in [1.54, 1.807) is 42.5 Å². The number of hydrogen-bond acceptors (Lipinski definition) is 4. The van der Waals surface area contributed by atoms with Gasteiger partial charge in [-0.05, 0) is 53.9 Å². The standard InChI is InChI=1S/C26H26BrN3O4S/c27-22-11-13-23(14-12-22)30(35(33,34)24-8-2-1-3-9-24)19-25(31)28-17-20-6-4-7-21(16-20)18-29-15-5-10-26(29)32/h1-4,6-9,11-14,16H,5,10,15,17-19H2,(H,28,31). The molecular formula is C26H26BrN3O4S. The summed E-state index contributed by atoms with van der Waals surface area (Å²) in [6, 6.07) is 22.5. The third-order valence-corrected chi connectivity index (χ3v) is 8.08. The van der Waals surface area contributed by atoms with Crippen molar-refractivity contribution in [3.05, 3.63) is 94.5 Å². The van der Waals surface area contributed by atoms with Gasteiger partial charge in [-0.1, -0.05) is 58.4 Å². The van der Waals surface area contributed by atoms with E-state index in [4.69, 9.17) is 0 Å². The largest absolute Gasteiger partial charge is 0.350 e. The number of anilines is 1. The number of nitrogens with one attached hydrogen (secondary N) is 1. The highest BCUT2D eigenvalue weighted by Crippen LogP contribution is 2.25. The Morgan fingerprint density at radius 1 is 0.971 bits per heavy atom. The summed E-state index contributed by atoms with van der Waals surface area (Å²) in [5, 5.41) is 2.83. The van der Waals surface area contributed by atoms with Crippen LogP contribution in [0.2, 0.25) is 0 Å². The van der Waals surface area contributed by atoms with E-state index in [-0.39, 0.29) is 23.9 Å². The van der Waals surface area contributed by atoms with Gasteiger partial charge in [-0.15, -0.1) is 0 Å². The molecule has 0 aromatic heterocycles. The second-order valence-corrected chi connectivity index (χ2v) is 11.1. The zero-order valence-corrected chi connectivity index (χ0v) is 21.5. The van der Waals surface area contributed by atoms with Gasteiger partial charge in [-0.25, -0.2) is 8.42 Å². The van der Waals surface area contributed by atoms with Crippen LogP contribution < -0.4 is 9.62 Å². The first-order valence-electron chi connectivity index (χ1n) is 11.3. The lowest BCUT2D eigenvalue weighted by molar-refractivity contribution is -0.128. The lowest BCUT2D eigenvalue weighted by Gasteiger charge is -2.24. The van der Waals surface area contributed by atoms with E-state index >= 15 is 0 Å². The molecular weight excluding hydrogens is 530 g/mol. The van der Waals surface area contributed by atoms with Crippen LogP contribution in [-0.2, 0) is 32.7 Å². The molecule has 4 rings (SSSR count). The predicted molar refractivity (Wildman–Crippen MR) is 138 cm³/mol. The van der Waals surface area contributed by atoms with E-state index in [1.165, 1.54) is 12.1 Å². The molecule has 0 radical (unpaired) electrons. The molecule has 3 aromatic rings. The third-order valence-electron chi connectivity index (χ3n) is 5.76. The molecule has 3 aromatic carbocycles. The van der Waals surface area contributed by atoms with Gasteiger partial charge >= 0.3 is 0 Å². The quantitative estimate of drug-likeness (QED) is 0.431. The fourth-order valence-corrected chi connectivity index (χ4v) is 5.66. The Hall–Kier alpha value is -3.17. The topological polar surface area (TPSA) is 86.8 Å². The van der Waals surface area contributed by atoms with Crippen molar-refractivity contribution in [2.45, 2.75) is 30.8 Å². The molecule has 1 saturated heterocycles. The number of carbonyl (C=O) groups is 2. The summed E-state index contributed by atoms with van der Waals surface area (Å²) in [6.07, 6.45) is 1.48. The van der Waals surface area contributed by atoms with Crippen molar-refractivity contribution < 1.29 is 18.0 Å². The number of benzene rings is 3. The fourth-order valence-electron chi connectivity index (χ4n) is 3.96. The van der Waals surface area contributed by atoms with Crippen molar-refractivity contribution in [3.8, 4) is 0 Å². The lowest BCUT2D eigenvalue weighted by atomic mass is 10.1. The molecule has 1 heterocycles. The molecule has 0 bridgehead atoms. The normalized spacial score (nSPS) is 13.6. The maximum Gasteiger partial charge on any atom is 0.264 e. The highest BCUT2D eigenvalue weighted by Gasteiger charge is 2.27. The summed E-state index contributed by atoms with van der Waals surface area (Å²) in [6.45, 7) is 1.20. The monoisotopic (exact) mass is 555 g/mol. The molecule has 0 unspecified atom stereocenters. The van der Waals surface area contributed by atoms with Gasteiger partial charge in [0, 0.05) is 30.5 Å². The molecule has 182 valence electrons. The van der Waals surface area contributed by atoms with E-state index in [0.29, 0.717) is 18.7 Å². The third kappa shape index (κ3) is 6.29. The first-order chi connectivity index (χ1) is 16.8. The lowest BCUT2D eigenvalue weighted by Crippen LogP contribution is -2.40. The minimum absolute atomic E-state index is 0.111. The van der Waals surface area contributed by atoms with E-state index in [9.17, 15) is 18.0 Å². The van der Waals surface area contributed by atoms with Crippen LogP contribution in [0.4, 0.5) is 5.69 Å². The van der Waals surface area contributed by atoms with Crippen molar-refractivity contribution >= 4 is 43.5 Å². The van der Waals surface area contributed by atoms with Gasteiger partial charge in [0.05, 0.1) is 10.6 Å². The number of likely N-dealkylation sites (tertiary alicyclic amines) is 1.